The molecule has 0 unspecified atom stereocenters. The number of nitrogens with zero attached hydrogens (tertiary/aromatic N) is 1. The van der Waals surface area contributed by atoms with Crippen molar-refractivity contribution >= 4 is 66.2 Å². The number of hydrogen-bond acceptors (Lipinski definition) is 5. The van der Waals surface area contributed by atoms with Crippen LogP contribution in [0.25, 0.3) is 0 Å². The fraction of sp³-hybridized carbons (Fsp3) is 0.174. The molecule has 1 amide bonds. The summed E-state index contributed by atoms with van der Waals surface area (Å²) in [6.45, 7) is 3.17. The van der Waals surface area contributed by atoms with Crippen LogP contribution in [-0.2, 0) is 24.8 Å². The summed E-state index contributed by atoms with van der Waals surface area (Å²) < 4.78 is 53.5. The van der Waals surface area contributed by atoms with Crippen molar-refractivity contribution in [3.05, 3.63) is 81.8 Å². The number of halogens is 2. The molecule has 8 nitrogen and oxygen atoms in total. The molecule has 3 aromatic rings. The Morgan fingerprint density at radius 2 is 1.57 bits per heavy atom. The van der Waals surface area contributed by atoms with Crippen LogP contribution in [0.2, 0.25) is 10.0 Å². The topological polar surface area (TPSA) is 113 Å². The SMILES string of the molecule is Cc1ccc(NS(=O)(=O)c2ccc(NC(=O)CN(c3ccc(Cl)cc3Cl)S(C)(=O)=O)cc2)c(C)c1. The second-order valence-corrected chi connectivity index (χ2v) is 12.3. The van der Waals surface area contributed by atoms with E-state index >= 15 is 0 Å². The van der Waals surface area contributed by atoms with Crippen molar-refractivity contribution in [1.29, 1.82) is 0 Å². The Morgan fingerprint density at radius 1 is 0.914 bits per heavy atom. The summed E-state index contributed by atoms with van der Waals surface area (Å²) >= 11 is 12.0. The first kappa shape index (κ1) is 26.8. The molecule has 0 atom stereocenters. The third-order valence-electron chi connectivity index (χ3n) is 4.94. The van der Waals surface area contributed by atoms with Gasteiger partial charge in [-0.05, 0) is 67.9 Å². The lowest BCUT2D eigenvalue weighted by atomic mass is 10.1. The van der Waals surface area contributed by atoms with E-state index in [1.165, 1.54) is 42.5 Å². The molecule has 0 aromatic heterocycles. The predicted molar refractivity (Wildman–Crippen MR) is 140 cm³/mol. The Labute approximate surface area is 215 Å². The summed E-state index contributed by atoms with van der Waals surface area (Å²) in [5, 5.41) is 2.95. The third-order valence-corrected chi connectivity index (χ3v) is 7.99. The number of amides is 1. The molecular formula is C23H23Cl2N3O5S2. The Morgan fingerprint density at radius 3 is 2.14 bits per heavy atom. The molecule has 12 heteroatoms. The molecular weight excluding hydrogens is 533 g/mol. The highest BCUT2D eigenvalue weighted by Gasteiger charge is 2.23. The first-order valence-corrected chi connectivity index (χ1v) is 14.3. The smallest absolute Gasteiger partial charge is 0.261 e. The second-order valence-electron chi connectivity index (χ2n) is 7.86. The molecule has 0 bridgehead atoms. The molecule has 0 fully saturated rings. The van der Waals surface area contributed by atoms with Crippen molar-refractivity contribution in [3.63, 3.8) is 0 Å². The van der Waals surface area contributed by atoms with E-state index in [0.29, 0.717) is 10.7 Å². The number of hydrogen-bond donors (Lipinski definition) is 2. The van der Waals surface area contributed by atoms with Crippen LogP contribution in [0.15, 0.2) is 65.6 Å². The maximum Gasteiger partial charge on any atom is 0.261 e. The molecule has 0 spiro atoms. The van der Waals surface area contributed by atoms with Crippen LogP contribution in [-0.4, -0.2) is 35.5 Å². The van der Waals surface area contributed by atoms with Crippen LogP contribution in [0, 0.1) is 13.8 Å². The zero-order valence-corrected chi connectivity index (χ0v) is 22.2. The minimum absolute atomic E-state index is 0.00109. The summed E-state index contributed by atoms with van der Waals surface area (Å²) in [5.74, 6) is -0.648. The van der Waals surface area contributed by atoms with Gasteiger partial charge in [-0.25, -0.2) is 16.8 Å². The number of aryl methyl sites for hydroxylation is 2. The van der Waals surface area contributed by atoms with Gasteiger partial charge in [0.1, 0.15) is 6.54 Å². The predicted octanol–water partition coefficient (Wildman–Crippen LogP) is 4.82. The number of anilines is 3. The van der Waals surface area contributed by atoms with Crippen molar-refractivity contribution in [2.75, 3.05) is 27.1 Å². The van der Waals surface area contributed by atoms with Crippen LogP contribution >= 0.6 is 23.2 Å². The molecule has 0 saturated heterocycles. The van der Waals surface area contributed by atoms with E-state index in [2.05, 4.69) is 10.0 Å². The minimum Gasteiger partial charge on any atom is -0.325 e. The molecule has 3 aromatic carbocycles. The average Bonchev–Trinajstić information content (AvgIpc) is 2.74. The zero-order valence-electron chi connectivity index (χ0n) is 19.0. The van der Waals surface area contributed by atoms with Crippen LogP contribution in [0.5, 0.6) is 0 Å². The van der Waals surface area contributed by atoms with Gasteiger partial charge in [-0.15, -0.1) is 0 Å². The summed E-state index contributed by atoms with van der Waals surface area (Å²) in [7, 11) is -7.70. The van der Waals surface area contributed by atoms with Gasteiger partial charge in [-0.2, -0.15) is 0 Å². The second kappa shape index (κ2) is 10.4. The molecule has 0 heterocycles. The Hall–Kier alpha value is -2.79. The number of carbonyl (C=O) groups is 1. The molecule has 0 radical (unpaired) electrons. The van der Waals surface area contributed by atoms with Gasteiger partial charge in [-0.3, -0.25) is 13.8 Å². The molecule has 0 aliphatic heterocycles. The maximum absolute atomic E-state index is 12.7. The average molecular weight is 556 g/mol. The zero-order chi connectivity index (χ0) is 26.0. The highest BCUT2D eigenvalue weighted by Crippen LogP contribution is 2.30. The van der Waals surface area contributed by atoms with Gasteiger partial charge >= 0.3 is 0 Å². The molecule has 35 heavy (non-hydrogen) atoms. The summed E-state index contributed by atoms with van der Waals surface area (Å²) in [6, 6.07) is 15.1. The Kier molecular flexibility index (Phi) is 8.00. The van der Waals surface area contributed by atoms with Gasteiger partial charge in [0, 0.05) is 10.7 Å². The summed E-state index contributed by atoms with van der Waals surface area (Å²) in [5.41, 5.74) is 2.66. The quantitative estimate of drug-likeness (QED) is 0.413. The van der Waals surface area contributed by atoms with Gasteiger partial charge < -0.3 is 5.32 Å². The van der Waals surface area contributed by atoms with Crippen LogP contribution in [0.1, 0.15) is 11.1 Å². The van der Waals surface area contributed by atoms with E-state index < -0.39 is 32.5 Å². The van der Waals surface area contributed by atoms with E-state index in [1.54, 1.807) is 19.1 Å². The summed E-state index contributed by atoms with van der Waals surface area (Å²) in [4.78, 5) is 12.6. The molecule has 2 N–H and O–H groups in total. The highest BCUT2D eigenvalue weighted by atomic mass is 35.5. The number of benzene rings is 3. The molecule has 186 valence electrons. The largest absolute Gasteiger partial charge is 0.325 e. The van der Waals surface area contributed by atoms with E-state index in [9.17, 15) is 21.6 Å². The standard InChI is InChI=1S/C23H23Cl2N3O5S2/c1-15-4-10-21(16(2)12-15)27-35(32,33)19-8-6-18(7-9-19)26-23(29)14-28(34(3,30)31)22-11-5-17(24)13-20(22)25/h4-13,27H,14H2,1-3H3,(H,26,29). The lowest BCUT2D eigenvalue weighted by Crippen LogP contribution is -2.37. The molecule has 0 saturated carbocycles. The van der Waals surface area contributed by atoms with Crippen molar-refractivity contribution in [3.8, 4) is 0 Å². The number of nitrogens with one attached hydrogen (secondary N) is 2. The number of rotatable bonds is 8. The third kappa shape index (κ3) is 6.88. The number of sulfonamides is 2. The van der Waals surface area contributed by atoms with Crippen LogP contribution in [0.3, 0.4) is 0 Å². The number of carbonyl (C=O) groups excluding carboxylic acids is 1. The van der Waals surface area contributed by atoms with Gasteiger partial charge in [0.15, 0.2) is 0 Å². The van der Waals surface area contributed by atoms with Gasteiger partial charge in [0.25, 0.3) is 10.0 Å². The van der Waals surface area contributed by atoms with Gasteiger partial charge in [-0.1, -0.05) is 40.9 Å². The molecule has 0 aliphatic carbocycles. The molecule has 3 rings (SSSR count). The van der Waals surface area contributed by atoms with Crippen molar-refractivity contribution < 1.29 is 21.6 Å². The van der Waals surface area contributed by atoms with Gasteiger partial charge in [0.2, 0.25) is 15.9 Å². The fourth-order valence-electron chi connectivity index (χ4n) is 3.24. The lowest BCUT2D eigenvalue weighted by Gasteiger charge is -2.23. The van der Waals surface area contributed by atoms with E-state index in [-0.39, 0.29) is 21.3 Å². The monoisotopic (exact) mass is 555 g/mol. The van der Waals surface area contributed by atoms with E-state index in [1.807, 2.05) is 13.0 Å². The summed E-state index contributed by atoms with van der Waals surface area (Å²) in [6.07, 6.45) is 0.952. The maximum atomic E-state index is 12.7. The normalized spacial score (nSPS) is 11.7. The van der Waals surface area contributed by atoms with Crippen molar-refractivity contribution in [2.45, 2.75) is 18.7 Å². The van der Waals surface area contributed by atoms with Crippen LogP contribution < -0.4 is 14.3 Å². The van der Waals surface area contributed by atoms with Crippen molar-refractivity contribution in [2.24, 2.45) is 0 Å². The molecule has 0 aliphatic rings. The van der Waals surface area contributed by atoms with Crippen molar-refractivity contribution in [1.82, 2.24) is 0 Å². The Bertz CT molecular complexity index is 1480. The fourth-order valence-corrected chi connectivity index (χ4v) is 5.80. The van der Waals surface area contributed by atoms with E-state index in [0.717, 1.165) is 21.7 Å². The van der Waals surface area contributed by atoms with Crippen LogP contribution in [0.4, 0.5) is 17.1 Å². The Balaban J connectivity index is 1.74. The first-order chi connectivity index (χ1) is 16.3. The van der Waals surface area contributed by atoms with Gasteiger partial charge in [0.05, 0.1) is 27.5 Å². The minimum atomic E-state index is -3.85. The highest BCUT2D eigenvalue weighted by molar-refractivity contribution is 7.92. The lowest BCUT2D eigenvalue weighted by molar-refractivity contribution is -0.114. The van der Waals surface area contributed by atoms with E-state index in [4.69, 9.17) is 23.2 Å². The first-order valence-electron chi connectivity index (χ1n) is 10.2.